The first-order chi connectivity index (χ1) is 12.1. The van der Waals surface area contributed by atoms with Crippen molar-refractivity contribution in [2.24, 2.45) is 7.05 Å². The molecule has 3 rings (SSSR count). The molecular weight excluding hydrogens is 334 g/mol. The molecular formula is C18H19N5OS. The van der Waals surface area contributed by atoms with Gasteiger partial charge in [-0.3, -0.25) is 9.78 Å². The van der Waals surface area contributed by atoms with E-state index in [-0.39, 0.29) is 11.2 Å². The van der Waals surface area contributed by atoms with Gasteiger partial charge in [-0.15, -0.1) is 10.2 Å². The number of nitrogens with zero attached hydrogens (tertiary/aromatic N) is 4. The second kappa shape index (κ2) is 7.94. The van der Waals surface area contributed by atoms with Crippen molar-refractivity contribution in [2.45, 2.75) is 23.9 Å². The smallest absolute Gasteiger partial charge is 0.233 e. The zero-order valence-corrected chi connectivity index (χ0v) is 14.9. The SMILES string of the molecule is C[C@@H](Sc1nnc(-c2ccncc2)n1C)C(=O)NCc1ccccc1. The van der Waals surface area contributed by atoms with E-state index < -0.39 is 0 Å². The zero-order chi connectivity index (χ0) is 17.6. The van der Waals surface area contributed by atoms with Crippen LogP contribution in [0.1, 0.15) is 12.5 Å². The molecule has 128 valence electrons. The first-order valence-electron chi connectivity index (χ1n) is 7.93. The summed E-state index contributed by atoms with van der Waals surface area (Å²) in [6.07, 6.45) is 3.44. The average Bonchev–Trinajstić information content (AvgIpc) is 3.01. The third-order valence-electron chi connectivity index (χ3n) is 3.73. The number of nitrogens with one attached hydrogen (secondary N) is 1. The van der Waals surface area contributed by atoms with Gasteiger partial charge in [0.2, 0.25) is 5.91 Å². The van der Waals surface area contributed by atoms with Crippen molar-refractivity contribution in [2.75, 3.05) is 0 Å². The van der Waals surface area contributed by atoms with Gasteiger partial charge in [0.25, 0.3) is 0 Å². The molecule has 7 heteroatoms. The number of hydrogen-bond donors (Lipinski definition) is 1. The van der Waals surface area contributed by atoms with E-state index in [1.165, 1.54) is 11.8 Å². The van der Waals surface area contributed by atoms with E-state index in [0.717, 1.165) is 17.0 Å². The lowest BCUT2D eigenvalue weighted by molar-refractivity contribution is -0.120. The Morgan fingerprint density at radius 1 is 1.16 bits per heavy atom. The molecule has 1 atom stereocenters. The standard InChI is InChI=1S/C18H19N5OS/c1-13(17(24)20-12-14-6-4-3-5-7-14)25-18-22-21-16(23(18)2)15-8-10-19-11-9-15/h3-11,13H,12H2,1-2H3,(H,20,24)/t13-/m1/s1. The van der Waals surface area contributed by atoms with Gasteiger partial charge in [0.15, 0.2) is 11.0 Å². The second-order valence-electron chi connectivity index (χ2n) is 5.56. The third kappa shape index (κ3) is 4.24. The van der Waals surface area contributed by atoms with Crippen LogP contribution in [-0.2, 0) is 18.4 Å². The van der Waals surface area contributed by atoms with Crippen molar-refractivity contribution >= 4 is 17.7 Å². The topological polar surface area (TPSA) is 72.7 Å². The van der Waals surface area contributed by atoms with Crippen molar-refractivity contribution in [3.05, 3.63) is 60.4 Å². The summed E-state index contributed by atoms with van der Waals surface area (Å²) in [5.41, 5.74) is 2.02. The van der Waals surface area contributed by atoms with Crippen LogP contribution in [0.25, 0.3) is 11.4 Å². The van der Waals surface area contributed by atoms with Crippen LogP contribution in [0.4, 0.5) is 0 Å². The summed E-state index contributed by atoms with van der Waals surface area (Å²) in [4.78, 5) is 16.3. The summed E-state index contributed by atoms with van der Waals surface area (Å²) in [7, 11) is 1.90. The molecule has 0 radical (unpaired) electrons. The minimum absolute atomic E-state index is 0.0256. The maximum Gasteiger partial charge on any atom is 0.233 e. The quantitative estimate of drug-likeness (QED) is 0.690. The zero-order valence-electron chi connectivity index (χ0n) is 14.1. The fourth-order valence-corrected chi connectivity index (χ4v) is 3.15. The van der Waals surface area contributed by atoms with Gasteiger partial charge in [0, 0.05) is 31.5 Å². The van der Waals surface area contributed by atoms with Crippen molar-refractivity contribution in [3.63, 3.8) is 0 Å². The molecule has 0 fully saturated rings. The average molecular weight is 353 g/mol. The van der Waals surface area contributed by atoms with Gasteiger partial charge < -0.3 is 9.88 Å². The Hall–Kier alpha value is -2.67. The van der Waals surface area contributed by atoms with E-state index in [1.807, 2.05) is 61.0 Å². The Labute approximate surface area is 150 Å². The number of benzene rings is 1. The van der Waals surface area contributed by atoms with Crippen LogP contribution in [0.5, 0.6) is 0 Å². The van der Waals surface area contributed by atoms with Gasteiger partial charge in [-0.25, -0.2) is 0 Å². The van der Waals surface area contributed by atoms with Crippen LogP contribution in [0.2, 0.25) is 0 Å². The highest BCUT2D eigenvalue weighted by Crippen LogP contribution is 2.25. The Morgan fingerprint density at radius 2 is 1.88 bits per heavy atom. The molecule has 0 spiro atoms. The molecule has 2 aromatic heterocycles. The van der Waals surface area contributed by atoms with Crippen LogP contribution >= 0.6 is 11.8 Å². The maximum atomic E-state index is 12.3. The summed E-state index contributed by atoms with van der Waals surface area (Å²) in [6, 6.07) is 13.6. The highest BCUT2D eigenvalue weighted by molar-refractivity contribution is 8.00. The maximum absolute atomic E-state index is 12.3. The number of rotatable bonds is 6. The number of carbonyl (C=O) groups excluding carboxylic acids is 1. The van der Waals surface area contributed by atoms with Crippen molar-refractivity contribution in [3.8, 4) is 11.4 Å². The van der Waals surface area contributed by atoms with E-state index in [9.17, 15) is 4.79 Å². The Balaban J connectivity index is 1.62. The molecule has 25 heavy (non-hydrogen) atoms. The summed E-state index contributed by atoms with van der Waals surface area (Å²) in [5.74, 6) is 0.726. The number of pyridine rings is 1. The van der Waals surface area contributed by atoms with Gasteiger partial charge in [0.1, 0.15) is 0 Å². The first-order valence-corrected chi connectivity index (χ1v) is 8.81. The minimum Gasteiger partial charge on any atom is -0.351 e. The summed E-state index contributed by atoms with van der Waals surface area (Å²) in [6.45, 7) is 2.39. The number of carbonyl (C=O) groups is 1. The molecule has 0 aliphatic rings. The van der Waals surface area contributed by atoms with E-state index >= 15 is 0 Å². The highest BCUT2D eigenvalue weighted by atomic mass is 32.2. The van der Waals surface area contributed by atoms with Gasteiger partial charge in [0.05, 0.1) is 5.25 Å². The Bertz CT molecular complexity index is 835. The van der Waals surface area contributed by atoms with Crippen LogP contribution in [0.3, 0.4) is 0 Å². The molecule has 0 unspecified atom stereocenters. The summed E-state index contributed by atoms with van der Waals surface area (Å²) < 4.78 is 1.89. The second-order valence-corrected chi connectivity index (χ2v) is 6.87. The molecule has 1 amide bonds. The molecule has 1 N–H and O–H groups in total. The normalized spacial score (nSPS) is 11.9. The lowest BCUT2D eigenvalue weighted by Gasteiger charge is -2.11. The van der Waals surface area contributed by atoms with Crippen LogP contribution in [0.15, 0.2) is 60.0 Å². The van der Waals surface area contributed by atoms with Gasteiger partial charge >= 0.3 is 0 Å². The van der Waals surface area contributed by atoms with E-state index in [4.69, 9.17) is 0 Å². The van der Waals surface area contributed by atoms with E-state index in [2.05, 4.69) is 20.5 Å². The molecule has 3 aromatic rings. The fraction of sp³-hybridized carbons (Fsp3) is 0.222. The Kier molecular flexibility index (Phi) is 5.45. The summed E-state index contributed by atoms with van der Waals surface area (Å²) in [5, 5.41) is 11.8. The molecule has 0 bridgehead atoms. The van der Waals surface area contributed by atoms with Crippen molar-refractivity contribution < 1.29 is 4.79 Å². The molecule has 0 saturated carbocycles. The lowest BCUT2D eigenvalue weighted by atomic mass is 10.2. The monoisotopic (exact) mass is 353 g/mol. The van der Waals surface area contributed by atoms with E-state index in [1.54, 1.807) is 12.4 Å². The first kappa shape index (κ1) is 17.2. The van der Waals surface area contributed by atoms with Gasteiger partial charge in [-0.05, 0) is 24.6 Å². The summed E-state index contributed by atoms with van der Waals surface area (Å²) >= 11 is 1.39. The predicted molar refractivity (Wildman–Crippen MR) is 97.8 cm³/mol. The number of thioether (sulfide) groups is 1. The predicted octanol–water partition coefficient (Wildman–Crippen LogP) is 2.67. The molecule has 1 aromatic carbocycles. The van der Waals surface area contributed by atoms with Crippen LogP contribution in [-0.4, -0.2) is 30.9 Å². The van der Waals surface area contributed by atoms with Crippen LogP contribution < -0.4 is 5.32 Å². The highest BCUT2D eigenvalue weighted by Gasteiger charge is 2.19. The minimum atomic E-state index is -0.267. The number of hydrogen-bond acceptors (Lipinski definition) is 5. The van der Waals surface area contributed by atoms with E-state index in [0.29, 0.717) is 11.7 Å². The number of amides is 1. The largest absolute Gasteiger partial charge is 0.351 e. The molecule has 0 saturated heterocycles. The van der Waals surface area contributed by atoms with Gasteiger partial charge in [-0.2, -0.15) is 0 Å². The molecule has 6 nitrogen and oxygen atoms in total. The third-order valence-corrected chi connectivity index (χ3v) is 4.87. The molecule has 0 aliphatic heterocycles. The van der Waals surface area contributed by atoms with Crippen molar-refractivity contribution in [1.29, 1.82) is 0 Å². The molecule has 2 heterocycles. The lowest BCUT2D eigenvalue weighted by Crippen LogP contribution is -2.30. The van der Waals surface area contributed by atoms with Crippen LogP contribution in [0, 0.1) is 0 Å². The van der Waals surface area contributed by atoms with Crippen molar-refractivity contribution in [1.82, 2.24) is 25.1 Å². The number of aromatic nitrogens is 4. The molecule has 0 aliphatic carbocycles. The fourth-order valence-electron chi connectivity index (χ4n) is 2.31. The Morgan fingerprint density at radius 3 is 2.60 bits per heavy atom. The van der Waals surface area contributed by atoms with Gasteiger partial charge in [-0.1, -0.05) is 42.1 Å².